The number of carbonyl (C=O) groups is 1. The maximum Gasteiger partial charge on any atom is 0.338 e. The molecule has 12 nitrogen and oxygen atoms in total. The van der Waals surface area contributed by atoms with E-state index in [0.717, 1.165) is 0 Å². The number of nitrogens with zero attached hydrogens (tertiary/aromatic N) is 2. The number of hydrogen-bond acceptors (Lipinski definition) is 11. The molecular weight excluding hydrogens is 590 g/mol. The van der Waals surface area contributed by atoms with Crippen LogP contribution >= 0.6 is 24.6 Å². The molecule has 3 aromatic rings. The van der Waals surface area contributed by atoms with E-state index in [2.05, 4.69) is 11.6 Å². The smallest absolute Gasteiger partial charge is 0.338 e. The zero-order chi connectivity index (χ0) is 30.3. The fourth-order valence-electron chi connectivity index (χ4n) is 4.42. The first-order valence-corrected chi connectivity index (χ1v) is 12.8. The first kappa shape index (κ1) is 34.3. The molecule has 230 valence electrons. The van der Waals surface area contributed by atoms with Gasteiger partial charge in [0.05, 0.1) is 60.2 Å². The molecule has 14 heteroatoms. The van der Waals surface area contributed by atoms with Crippen molar-refractivity contribution in [1.29, 1.82) is 0 Å². The van der Waals surface area contributed by atoms with Crippen molar-refractivity contribution in [3.05, 3.63) is 51.5 Å². The van der Waals surface area contributed by atoms with Gasteiger partial charge in [-0.25, -0.2) is 4.79 Å². The summed E-state index contributed by atoms with van der Waals surface area (Å²) in [4.78, 5) is 32.0. The SMILES string of the molecule is C=CCN(C)CC(Cn1c(=S)[nH]c2c(OC)c(OC)c(OC)cc2c1=O)OC(=O)c1cc(OC)c(OC)c(OC)c1.Cl. The summed E-state index contributed by atoms with van der Waals surface area (Å²) >= 11 is 5.56. The third kappa shape index (κ3) is 7.09. The first-order valence-electron chi connectivity index (χ1n) is 12.4. The quantitative estimate of drug-likeness (QED) is 0.160. The van der Waals surface area contributed by atoms with Gasteiger partial charge in [-0.2, -0.15) is 0 Å². The van der Waals surface area contributed by atoms with Crippen LogP contribution in [0.5, 0.6) is 34.5 Å². The van der Waals surface area contributed by atoms with Crippen LogP contribution in [0.4, 0.5) is 0 Å². The van der Waals surface area contributed by atoms with E-state index in [9.17, 15) is 9.59 Å². The van der Waals surface area contributed by atoms with E-state index >= 15 is 0 Å². The highest BCUT2D eigenvalue weighted by molar-refractivity contribution is 7.71. The Bertz CT molecular complexity index is 1510. The number of esters is 1. The second-order valence-corrected chi connectivity index (χ2v) is 9.25. The van der Waals surface area contributed by atoms with Crippen molar-refractivity contribution >= 4 is 41.5 Å². The van der Waals surface area contributed by atoms with Crippen molar-refractivity contribution in [3.8, 4) is 34.5 Å². The lowest BCUT2D eigenvalue weighted by atomic mass is 10.1. The topological polar surface area (TPSA) is 123 Å². The number of benzene rings is 2. The van der Waals surface area contributed by atoms with Crippen LogP contribution in [0.3, 0.4) is 0 Å². The number of nitrogens with one attached hydrogen (secondary N) is 1. The van der Waals surface area contributed by atoms with E-state index in [1.54, 1.807) is 12.1 Å². The summed E-state index contributed by atoms with van der Waals surface area (Å²) < 4.78 is 39.8. The maximum absolute atomic E-state index is 13.7. The Morgan fingerprint density at radius 2 is 1.50 bits per heavy atom. The van der Waals surface area contributed by atoms with Crippen molar-refractivity contribution in [2.75, 3.05) is 62.8 Å². The van der Waals surface area contributed by atoms with E-state index in [1.807, 2.05) is 11.9 Å². The standard InChI is InChI=1S/C28H35N3O9S.ClH/c1-9-10-30(2)14-17(40-27(33)16-11-19(34-3)23(37-6)20(12-16)35-4)15-31-26(32)18-13-21(36-5)24(38-7)25(39-8)22(18)29-28(31)41;/h9,11-13,17H,1,10,14-15H2,2-8H3,(H,29,41);1H. The van der Waals surface area contributed by atoms with Gasteiger partial charge in [-0.1, -0.05) is 6.08 Å². The average molecular weight is 626 g/mol. The number of rotatable bonds is 14. The average Bonchev–Trinajstić information content (AvgIpc) is 2.97. The molecule has 0 saturated carbocycles. The Labute approximate surface area is 255 Å². The predicted molar refractivity (Wildman–Crippen MR) is 163 cm³/mol. The number of halogens is 1. The first-order chi connectivity index (χ1) is 19.7. The van der Waals surface area contributed by atoms with Gasteiger partial charge in [0.2, 0.25) is 11.5 Å². The molecule has 0 spiro atoms. The molecule has 1 atom stereocenters. The molecule has 0 bridgehead atoms. The molecule has 0 aliphatic rings. The van der Waals surface area contributed by atoms with Gasteiger partial charge in [-0.15, -0.1) is 19.0 Å². The van der Waals surface area contributed by atoms with E-state index in [1.165, 1.54) is 59.4 Å². The molecular formula is C28H36ClN3O9S. The Morgan fingerprint density at radius 3 is 2.00 bits per heavy atom. The Morgan fingerprint density at radius 1 is 0.952 bits per heavy atom. The normalized spacial score (nSPS) is 11.3. The summed E-state index contributed by atoms with van der Waals surface area (Å²) in [6.45, 7) is 4.52. The molecule has 0 radical (unpaired) electrons. The van der Waals surface area contributed by atoms with Gasteiger partial charge >= 0.3 is 5.97 Å². The number of hydrogen-bond donors (Lipinski definition) is 1. The van der Waals surface area contributed by atoms with E-state index < -0.39 is 17.6 Å². The summed E-state index contributed by atoms with van der Waals surface area (Å²) in [7, 11) is 10.6. The molecule has 0 amide bonds. The Kier molecular flexibility index (Phi) is 12.5. The molecule has 3 rings (SSSR count). The van der Waals surface area contributed by atoms with Crippen molar-refractivity contribution in [3.63, 3.8) is 0 Å². The monoisotopic (exact) mass is 625 g/mol. The maximum atomic E-state index is 13.7. The minimum atomic E-state index is -0.793. The number of H-pyrrole nitrogens is 1. The fraction of sp³-hybridized carbons (Fsp3) is 0.393. The molecule has 1 N–H and O–H groups in total. The second kappa shape index (κ2) is 15.3. The number of aromatic nitrogens is 2. The molecule has 0 aliphatic carbocycles. The highest BCUT2D eigenvalue weighted by Crippen LogP contribution is 2.41. The number of fused-ring (bicyclic) bond motifs is 1. The molecule has 0 fully saturated rings. The number of methoxy groups -OCH3 is 6. The van der Waals surface area contributed by atoms with Gasteiger partial charge in [-0.3, -0.25) is 14.3 Å². The van der Waals surface area contributed by atoms with Crippen molar-refractivity contribution in [1.82, 2.24) is 14.5 Å². The van der Waals surface area contributed by atoms with Gasteiger partial charge in [0, 0.05) is 13.1 Å². The van der Waals surface area contributed by atoms with Crippen LogP contribution in [0.15, 0.2) is 35.6 Å². The number of aromatic amines is 1. The van der Waals surface area contributed by atoms with Crippen LogP contribution in [0.1, 0.15) is 10.4 Å². The highest BCUT2D eigenvalue weighted by Gasteiger charge is 2.25. The summed E-state index contributed by atoms with van der Waals surface area (Å²) in [5.41, 5.74) is 0.0998. The molecule has 42 heavy (non-hydrogen) atoms. The molecule has 2 aromatic carbocycles. The third-order valence-corrected chi connectivity index (χ3v) is 6.62. The van der Waals surface area contributed by atoms with Crippen LogP contribution in [-0.4, -0.2) is 89.3 Å². The van der Waals surface area contributed by atoms with E-state index in [4.69, 9.17) is 45.4 Å². The molecule has 0 saturated heterocycles. The van der Waals surface area contributed by atoms with E-state index in [-0.39, 0.29) is 47.0 Å². The van der Waals surface area contributed by atoms with Crippen LogP contribution < -0.4 is 34.0 Å². The third-order valence-electron chi connectivity index (χ3n) is 6.30. The summed E-state index contributed by atoms with van der Waals surface area (Å²) in [6.07, 6.45) is 0.928. The number of carbonyl (C=O) groups excluding carboxylic acids is 1. The van der Waals surface area contributed by atoms with Crippen LogP contribution in [0, 0.1) is 4.77 Å². The zero-order valence-corrected chi connectivity index (χ0v) is 26.2. The van der Waals surface area contributed by atoms with Gasteiger partial charge < -0.3 is 38.1 Å². The van der Waals surface area contributed by atoms with Gasteiger partial charge in [-0.05, 0) is 37.5 Å². The lowest BCUT2D eigenvalue weighted by molar-refractivity contribution is 0.0181. The lowest BCUT2D eigenvalue weighted by Gasteiger charge is -2.24. The minimum absolute atomic E-state index is 0. The minimum Gasteiger partial charge on any atom is -0.493 e. The van der Waals surface area contributed by atoms with Gasteiger partial charge in [0.25, 0.3) is 5.56 Å². The summed E-state index contributed by atoms with van der Waals surface area (Å²) in [6, 6.07) is 4.53. The predicted octanol–water partition coefficient (Wildman–Crippen LogP) is 3.88. The Hall–Kier alpha value is -3.94. The van der Waals surface area contributed by atoms with Crippen molar-refractivity contribution < 1.29 is 38.0 Å². The highest BCUT2D eigenvalue weighted by atomic mass is 35.5. The van der Waals surface area contributed by atoms with Crippen LogP contribution in [0.25, 0.3) is 10.9 Å². The van der Waals surface area contributed by atoms with Crippen molar-refractivity contribution in [2.24, 2.45) is 0 Å². The fourth-order valence-corrected chi connectivity index (χ4v) is 4.68. The molecule has 0 aliphatic heterocycles. The van der Waals surface area contributed by atoms with Crippen LogP contribution in [0.2, 0.25) is 0 Å². The van der Waals surface area contributed by atoms with Gasteiger partial charge in [0.15, 0.2) is 27.8 Å². The number of ether oxygens (including phenoxy) is 7. The number of likely N-dealkylation sites (N-methyl/N-ethyl adjacent to an activating group) is 1. The summed E-state index contributed by atoms with van der Waals surface area (Å²) in [5, 5.41) is 0.252. The second-order valence-electron chi connectivity index (χ2n) is 8.87. The van der Waals surface area contributed by atoms with Crippen molar-refractivity contribution in [2.45, 2.75) is 12.6 Å². The lowest BCUT2D eigenvalue weighted by Crippen LogP contribution is -2.38. The largest absolute Gasteiger partial charge is 0.493 e. The molecule has 1 unspecified atom stereocenters. The van der Waals surface area contributed by atoms with E-state index in [0.29, 0.717) is 40.8 Å². The Balaban J connectivity index is 0.00000616. The van der Waals surface area contributed by atoms with Gasteiger partial charge in [0.1, 0.15) is 11.6 Å². The molecule has 1 aromatic heterocycles. The molecule has 1 heterocycles. The zero-order valence-electron chi connectivity index (χ0n) is 24.6. The van der Waals surface area contributed by atoms with Crippen LogP contribution in [-0.2, 0) is 11.3 Å². The summed E-state index contributed by atoms with van der Waals surface area (Å²) in [5.74, 6) is 1.17.